The molecule has 0 aliphatic rings. The van der Waals surface area contributed by atoms with Gasteiger partial charge in [0.2, 0.25) is 10.0 Å². The van der Waals surface area contributed by atoms with Gasteiger partial charge in [-0.2, -0.15) is 5.10 Å². The van der Waals surface area contributed by atoms with Crippen LogP contribution in [0.15, 0.2) is 35.7 Å². The number of aryl methyl sites for hydroxylation is 1. The van der Waals surface area contributed by atoms with Crippen LogP contribution in [0.4, 0.5) is 5.69 Å². The van der Waals surface area contributed by atoms with Crippen LogP contribution in [-0.4, -0.2) is 29.7 Å². The first-order valence-electron chi connectivity index (χ1n) is 5.66. The predicted molar refractivity (Wildman–Crippen MR) is 70.7 cm³/mol. The van der Waals surface area contributed by atoms with Gasteiger partial charge in [-0.1, -0.05) is 0 Å². The first-order valence-corrected chi connectivity index (χ1v) is 7.14. The van der Waals surface area contributed by atoms with Gasteiger partial charge in [-0.15, -0.1) is 0 Å². The molecule has 2 aromatic heterocycles. The summed E-state index contributed by atoms with van der Waals surface area (Å²) in [6.45, 7) is 0.280. The zero-order valence-corrected chi connectivity index (χ0v) is 11.3. The summed E-state index contributed by atoms with van der Waals surface area (Å²) in [5.74, 6) is 0. The van der Waals surface area contributed by atoms with Crippen molar-refractivity contribution in [3.05, 3.63) is 36.4 Å². The van der Waals surface area contributed by atoms with Crippen molar-refractivity contribution in [2.45, 2.75) is 11.3 Å². The summed E-state index contributed by atoms with van der Waals surface area (Å²) >= 11 is 0. The number of nitrogen functional groups attached to an aromatic ring is 1. The third-order valence-electron chi connectivity index (χ3n) is 2.57. The van der Waals surface area contributed by atoms with Crippen molar-refractivity contribution >= 4 is 15.7 Å². The van der Waals surface area contributed by atoms with E-state index in [-0.39, 0.29) is 17.1 Å². The zero-order valence-electron chi connectivity index (χ0n) is 10.4. The monoisotopic (exact) mass is 281 g/mol. The Morgan fingerprint density at radius 3 is 2.84 bits per heavy atom. The smallest absolute Gasteiger partial charge is 0.244 e. The summed E-state index contributed by atoms with van der Waals surface area (Å²) in [6.07, 6.45) is 6.79. The Balaban J connectivity index is 2.01. The quantitative estimate of drug-likeness (QED) is 0.798. The molecule has 2 heterocycles. The molecule has 0 amide bonds. The molecule has 0 saturated heterocycles. The highest BCUT2D eigenvalue weighted by molar-refractivity contribution is 7.89. The van der Waals surface area contributed by atoms with E-state index in [0.29, 0.717) is 6.42 Å². The summed E-state index contributed by atoms with van der Waals surface area (Å²) in [7, 11) is -1.81. The van der Waals surface area contributed by atoms with E-state index < -0.39 is 10.0 Å². The van der Waals surface area contributed by atoms with E-state index in [4.69, 9.17) is 5.73 Å². The fourth-order valence-electron chi connectivity index (χ4n) is 1.62. The summed E-state index contributed by atoms with van der Waals surface area (Å²) in [4.78, 5) is 3.77. The van der Waals surface area contributed by atoms with E-state index in [1.165, 1.54) is 18.5 Å². The fourth-order valence-corrected chi connectivity index (χ4v) is 2.73. The molecule has 7 nitrogen and oxygen atoms in total. The first-order chi connectivity index (χ1) is 8.99. The van der Waals surface area contributed by atoms with Crippen molar-refractivity contribution in [1.82, 2.24) is 19.5 Å². The third kappa shape index (κ3) is 3.30. The van der Waals surface area contributed by atoms with Crippen LogP contribution in [-0.2, 0) is 23.5 Å². The van der Waals surface area contributed by atoms with E-state index in [1.807, 2.05) is 13.2 Å². The zero-order chi connectivity index (χ0) is 13.9. The number of nitrogens with zero attached hydrogens (tertiary/aromatic N) is 3. The van der Waals surface area contributed by atoms with Gasteiger partial charge in [-0.25, -0.2) is 13.1 Å². The van der Waals surface area contributed by atoms with Crippen molar-refractivity contribution in [1.29, 1.82) is 0 Å². The molecule has 2 rings (SSSR count). The maximum atomic E-state index is 12.0. The second-order valence-corrected chi connectivity index (χ2v) is 5.82. The Kier molecular flexibility index (Phi) is 3.82. The molecule has 19 heavy (non-hydrogen) atoms. The molecule has 2 aromatic rings. The minimum atomic E-state index is -3.62. The average molecular weight is 281 g/mol. The normalized spacial score (nSPS) is 11.6. The van der Waals surface area contributed by atoms with Crippen LogP contribution in [0.5, 0.6) is 0 Å². The van der Waals surface area contributed by atoms with Crippen LogP contribution in [0.3, 0.4) is 0 Å². The highest BCUT2D eigenvalue weighted by Crippen LogP contribution is 2.15. The highest BCUT2D eigenvalue weighted by Gasteiger charge is 2.16. The summed E-state index contributed by atoms with van der Waals surface area (Å²) in [6, 6.07) is 1.45. The van der Waals surface area contributed by atoms with Gasteiger partial charge in [-0.05, 0) is 18.1 Å². The molecule has 0 unspecified atom stereocenters. The van der Waals surface area contributed by atoms with Crippen LogP contribution < -0.4 is 10.5 Å². The molecule has 0 atom stereocenters. The number of hydrogen-bond donors (Lipinski definition) is 2. The number of hydrogen-bond acceptors (Lipinski definition) is 5. The number of aromatic nitrogens is 3. The predicted octanol–water partition coefficient (Wildman–Crippen LogP) is -0.0817. The SMILES string of the molecule is Cn1cc(CCNS(=O)(=O)c2cnccc2N)cn1. The molecule has 0 fully saturated rings. The Labute approximate surface area is 111 Å². The molecule has 0 aliphatic carbocycles. The molecular formula is C11H15N5O2S. The standard InChI is InChI=1S/C11H15N5O2S/c1-16-8-9(6-14-16)2-5-15-19(17,18)11-7-13-4-3-10(11)12/h3-4,6-8,15H,2,5H2,1H3,(H2,12,13). The maximum absolute atomic E-state index is 12.0. The van der Waals surface area contributed by atoms with E-state index in [2.05, 4.69) is 14.8 Å². The third-order valence-corrected chi connectivity index (χ3v) is 4.07. The number of pyridine rings is 1. The molecule has 8 heteroatoms. The molecule has 0 bridgehead atoms. The second-order valence-electron chi connectivity index (χ2n) is 4.08. The second kappa shape index (κ2) is 5.37. The van der Waals surface area contributed by atoms with Gasteiger partial charge in [0.1, 0.15) is 4.90 Å². The number of nitrogens with two attached hydrogens (primary N) is 1. The molecular weight excluding hydrogens is 266 g/mol. The Morgan fingerprint density at radius 2 is 2.21 bits per heavy atom. The minimum Gasteiger partial charge on any atom is -0.398 e. The van der Waals surface area contributed by atoms with E-state index in [9.17, 15) is 8.42 Å². The molecule has 0 radical (unpaired) electrons. The highest BCUT2D eigenvalue weighted by atomic mass is 32.2. The lowest BCUT2D eigenvalue weighted by Crippen LogP contribution is -2.26. The summed E-state index contributed by atoms with van der Waals surface area (Å²) < 4.78 is 28.2. The van der Waals surface area contributed by atoms with E-state index in [0.717, 1.165) is 5.56 Å². The Hall–Kier alpha value is -1.93. The lowest BCUT2D eigenvalue weighted by Gasteiger charge is -2.07. The first kappa shape index (κ1) is 13.5. The van der Waals surface area contributed by atoms with Gasteiger partial charge < -0.3 is 5.73 Å². The Bertz CT molecular complexity index is 665. The van der Waals surface area contributed by atoms with Crippen molar-refractivity contribution in [3.8, 4) is 0 Å². The van der Waals surface area contributed by atoms with Crippen LogP contribution >= 0.6 is 0 Å². The molecule has 0 spiro atoms. The molecule has 0 saturated carbocycles. The number of sulfonamides is 1. The number of nitrogens with one attached hydrogen (secondary N) is 1. The fraction of sp³-hybridized carbons (Fsp3) is 0.273. The van der Waals surface area contributed by atoms with E-state index >= 15 is 0 Å². The van der Waals surface area contributed by atoms with Gasteiger partial charge in [0.15, 0.2) is 0 Å². The van der Waals surface area contributed by atoms with Gasteiger partial charge >= 0.3 is 0 Å². The van der Waals surface area contributed by atoms with Crippen LogP contribution in [0.25, 0.3) is 0 Å². The molecule has 0 aliphatic heterocycles. The van der Waals surface area contributed by atoms with Crippen molar-refractivity contribution in [2.24, 2.45) is 7.05 Å². The van der Waals surface area contributed by atoms with Gasteiger partial charge in [0.05, 0.1) is 11.9 Å². The average Bonchev–Trinajstić information content (AvgIpc) is 2.75. The van der Waals surface area contributed by atoms with Gasteiger partial charge in [-0.3, -0.25) is 9.67 Å². The van der Waals surface area contributed by atoms with Gasteiger partial charge in [0.25, 0.3) is 0 Å². The molecule has 3 N–H and O–H groups in total. The summed E-state index contributed by atoms with van der Waals surface area (Å²) in [5, 5.41) is 4.01. The van der Waals surface area contributed by atoms with Crippen LogP contribution in [0, 0.1) is 0 Å². The topological polar surface area (TPSA) is 103 Å². The Morgan fingerprint density at radius 1 is 1.42 bits per heavy atom. The molecule has 102 valence electrons. The van der Waals surface area contributed by atoms with Gasteiger partial charge in [0, 0.05) is 32.2 Å². The molecule has 0 aromatic carbocycles. The maximum Gasteiger partial charge on any atom is 0.244 e. The van der Waals surface area contributed by atoms with Crippen molar-refractivity contribution < 1.29 is 8.42 Å². The van der Waals surface area contributed by atoms with E-state index in [1.54, 1.807) is 10.9 Å². The number of anilines is 1. The summed E-state index contributed by atoms with van der Waals surface area (Å²) in [5.41, 5.74) is 6.77. The lowest BCUT2D eigenvalue weighted by atomic mass is 10.3. The number of rotatable bonds is 5. The van der Waals surface area contributed by atoms with Crippen molar-refractivity contribution in [3.63, 3.8) is 0 Å². The van der Waals surface area contributed by atoms with Crippen LogP contribution in [0.1, 0.15) is 5.56 Å². The minimum absolute atomic E-state index is 0.00110. The van der Waals surface area contributed by atoms with Crippen molar-refractivity contribution in [2.75, 3.05) is 12.3 Å². The largest absolute Gasteiger partial charge is 0.398 e. The lowest BCUT2D eigenvalue weighted by molar-refractivity contribution is 0.581. The van der Waals surface area contributed by atoms with Crippen LogP contribution in [0.2, 0.25) is 0 Å².